The summed E-state index contributed by atoms with van der Waals surface area (Å²) in [7, 11) is 0. The maximum absolute atomic E-state index is 3.68. The number of hydrogen-bond acceptors (Lipinski definition) is 1. The Labute approximate surface area is 83.3 Å². The number of rotatable bonds is 4. The first kappa shape index (κ1) is 11.0. The lowest BCUT2D eigenvalue weighted by Crippen LogP contribution is -2.30. The molecule has 0 aromatic rings. The van der Waals surface area contributed by atoms with Crippen molar-refractivity contribution in [3.05, 3.63) is 0 Å². The Hall–Kier alpha value is -0.0400. The van der Waals surface area contributed by atoms with Gasteiger partial charge < -0.3 is 5.32 Å². The third-order valence-electron chi connectivity index (χ3n) is 3.43. The molecule has 0 saturated carbocycles. The first-order valence-corrected chi connectivity index (χ1v) is 6.10. The van der Waals surface area contributed by atoms with Gasteiger partial charge in [0.25, 0.3) is 0 Å². The Morgan fingerprint density at radius 3 is 2.62 bits per heavy atom. The van der Waals surface area contributed by atoms with E-state index >= 15 is 0 Å². The van der Waals surface area contributed by atoms with Crippen molar-refractivity contribution >= 4 is 0 Å². The summed E-state index contributed by atoms with van der Waals surface area (Å²) in [5.41, 5.74) is 0. The monoisotopic (exact) mass is 183 g/mol. The van der Waals surface area contributed by atoms with Crippen molar-refractivity contribution in [3.8, 4) is 0 Å². The summed E-state index contributed by atoms with van der Waals surface area (Å²) < 4.78 is 0. The summed E-state index contributed by atoms with van der Waals surface area (Å²) in [5, 5.41) is 3.68. The van der Waals surface area contributed by atoms with Crippen molar-refractivity contribution in [3.63, 3.8) is 0 Å². The van der Waals surface area contributed by atoms with Gasteiger partial charge in [-0.05, 0) is 31.7 Å². The van der Waals surface area contributed by atoms with Crippen molar-refractivity contribution in [1.29, 1.82) is 0 Å². The van der Waals surface area contributed by atoms with Crippen LogP contribution in [0.1, 0.15) is 58.8 Å². The van der Waals surface area contributed by atoms with E-state index in [9.17, 15) is 0 Å². The van der Waals surface area contributed by atoms with Gasteiger partial charge in [0.05, 0.1) is 0 Å². The second kappa shape index (κ2) is 6.42. The normalized spacial score (nSPS) is 24.7. The third kappa shape index (κ3) is 4.12. The van der Waals surface area contributed by atoms with Crippen LogP contribution in [0.15, 0.2) is 0 Å². The highest BCUT2D eigenvalue weighted by Gasteiger charge is 2.14. The van der Waals surface area contributed by atoms with Crippen LogP contribution in [0.4, 0.5) is 0 Å². The summed E-state index contributed by atoms with van der Waals surface area (Å²) in [6, 6.07) is 0.826. The van der Waals surface area contributed by atoms with Gasteiger partial charge in [-0.25, -0.2) is 0 Å². The molecule has 13 heavy (non-hydrogen) atoms. The molecule has 0 aliphatic carbocycles. The fourth-order valence-corrected chi connectivity index (χ4v) is 2.33. The summed E-state index contributed by atoms with van der Waals surface area (Å²) in [6.45, 7) is 5.90. The average molecular weight is 183 g/mol. The van der Waals surface area contributed by atoms with Gasteiger partial charge in [0.15, 0.2) is 0 Å². The largest absolute Gasteiger partial charge is 0.314 e. The lowest BCUT2D eigenvalue weighted by Gasteiger charge is -2.21. The Bertz CT molecular complexity index is 110. The summed E-state index contributed by atoms with van der Waals surface area (Å²) in [6.07, 6.45) is 9.80. The van der Waals surface area contributed by atoms with Crippen LogP contribution in [-0.2, 0) is 0 Å². The fourth-order valence-electron chi connectivity index (χ4n) is 2.33. The second-order valence-electron chi connectivity index (χ2n) is 4.42. The van der Waals surface area contributed by atoms with Crippen LogP contribution in [0.3, 0.4) is 0 Å². The van der Waals surface area contributed by atoms with Crippen LogP contribution >= 0.6 is 0 Å². The van der Waals surface area contributed by atoms with Crippen LogP contribution in [0.2, 0.25) is 0 Å². The SMILES string of the molecule is CCC(CC)CC1CCCCCN1. The molecule has 1 rings (SSSR count). The Morgan fingerprint density at radius 2 is 1.92 bits per heavy atom. The molecule has 1 saturated heterocycles. The zero-order valence-electron chi connectivity index (χ0n) is 9.31. The molecule has 1 heterocycles. The van der Waals surface area contributed by atoms with Crippen LogP contribution in [0, 0.1) is 5.92 Å². The topological polar surface area (TPSA) is 12.0 Å². The fraction of sp³-hybridized carbons (Fsp3) is 1.00. The molecule has 0 radical (unpaired) electrons. The molecular formula is C12H25N. The molecule has 1 unspecified atom stereocenters. The van der Waals surface area contributed by atoms with Gasteiger partial charge in [-0.3, -0.25) is 0 Å². The van der Waals surface area contributed by atoms with Crippen LogP contribution in [-0.4, -0.2) is 12.6 Å². The van der Waals surface area contributed by atoms with Gasteiger partial charge in [-0.1, -0.05) is 39.5 Å². The van der Waals surface area contributed by atoms with Crippen molar-refractivity contribution in [2.45, 2.75) is 64.8 Å². The highest BCUT2D eigenvalue weighted by Crippen LogP contribution is 2.19. The van der Waals surface area contributed by atoms with Crippen molar-refractivity contribution < 1.29 is 0 Å². The highest BCUT2D eigenvalue weighted by atomic mass is 14.9. The molecule has 1 N–H and O–H groups in total. The number of hydrogen-bond donors (Lipinski definition) is 1. The molecule has 0 amide bonds. The smallest absolute Gasteiger partial charge is 0.00696 e. The second-order valence-corrected chi connectivity index (χ2v) is 4.42. The van der Waals surface area contributed by atoms with Gasteiger partial charge in [-0.2, -0.15) is 0 Å². The van der Waals surface area contributed by atoms with Gasteiger partial charge in [-0.15, -0.1) is 0 Å². The van der Waals surface area contributed by atoms with E-state index in [-0.39, 0.29) is 0 Å². The van der Waals surface area contributed by atoms with Gasteiger partial charge in [0.2, 0.25) is 0 Å². The highest BCUT2D eigenvalue weighted by molar-refractivity contribution is 4.73. The van der Waals surface area contributed by atoms with Crippen LogP contribution < -0.4 is 5.32 Å². The molecule has 0 spiro atoms. The minimum atomic E-state index is 0.826. The van der Waals surface area contributed by atoms with Gasteiger partial charge in [0, 0.05) is 6.04 Å². The molecule has 1 fully saturated rings. The van der Waals surface area contributed by atoms with E-state index in [1.54, 1.807) is 0 Å². The minimum absolute atomic E-state index is 0.826. The lowest BCUT2D eigenvalue weighted by atomic mass is 9.93. The van der Waals surface area contributed by atoms with E-state index in [1.165, 1.54) is 51.5 Å². The molecule has 1 aliphatic heterocycles. The van der Waals surface area contributed by atoms with Crippen LogP contribution in [0.25, 0.3) is 0 Å². The van der Waals surface area contributed by atoms with Crippen LogP contribution in [0.5, 0.6) is 0 Å². The van der Waals surface area contributed by atoms with Crippen molar-refractivity contribution in [2.24, 2.45) is 5.92 Å². The molecule has 1 aliphatic rings. The first-order valence-electron chi connectivity index (χ1n) is 6.10. The van der Waals surface area contributed by atoms with Crippen molar-refractivity contribution in [2.75, 3.05) is 6.54 Å². The van der Waals surface area contributed by atoms with E-state index in [0.29, 0.717) is 0 Å². The molecule has 78 valence electrons. The van der Waals surface area contributed by atoms with Crippen molar-refractivity contribution in [1.82, 2.24) is 5.32 Å². The van der Waals surface area contributed by atoms with Gasteiger partial charge >= 0.3 is 0 Å². The summed E-state index contributed by atoms with van der Waals surface area (Å²) in [4.78, 5) is 0. The summed E-state index contributed by atoms with van der Waals surface area (Å²) >= 11 is 0. The third-order valence-corrected chi connectivity index (χ3v) is 3.43. The predicted octanol–water partition coefficient (Wildman–Crippen LogP) is 3.34. The summed E-state index contributed by atoms with van der Waals surface area (Å²) in [5.74, 6) is 0.954. The zero-order valence-corrected chi connectivity index (χ0v) is 9.31. The first-order chi connectivity index (χ1) is 6.36. The average Bonchev–Trinajstić information content (AvgIpc) is 2.42. The molecule has 1 heteroatoms. The Kier molecular flexibility index (Phi) is 5.45. The van der Waals surface area contributed by atoms with E-state index < -0.39 is 0 Å². The zero-order chi connectivity index (χ0) is 9.52. The Balaban J connectivity index is 2.24. The maximum Gasteiger partial charge on any atom is 0.00696 e. The Morgan fingerprint density at radius 1 is 1.15 bits per heavy atom. The predicted molar refractivity (Wildman–Crippen MR) is 58.9 cm³/mol. The maximum atomic E-state index is 3.68. The molecule has 0 aromatic heterocycles. The molecule has 0 aromatic carbocycles. The van der Waals surface area contributed by atoms with E-state index in [4.69, 9.17) is 0 Å². The lowest BCUT2D eigenvalue weighted by molar-refractivity contribution is 0.361. The molecule has 1 atom stereocenters. The molecule has 0 bridgehead atoms. The number of nitrogens with one attached hydrogen (secondary N) is 1. The molecule has 1 nitrogen and oxygen atoms in total. The quantitative estimate of drug-likeness (QED) is 0.705. The van der Waals surface area contributed by atoms with Gasteiger partial charge in [0.1, 0.15) is 0 Å². The molecular weight excluding hydrogens is 158 g/mol. The van der Waals surface area contributed by atoms with E-state index in [1.807, 2.05) is 0 Å². The van der Waals surface area contributed by atoms with E-state index in [2.05, 4.69) is 19.2 Å². The standard InChI is InChI=1S/C12H25N/c1-3-11(4-2)10-12-8-6-5-7-9-13-12/h11-13H,3-10H2,1-2H3. The minimum Gasteiger partial charge on any atom is -0.314 e. The van der Waals surface area contributed by atoms with E-state index in [0.717, 1.165) is 12.0 Å².